The van der Waals surface area contributed by atoms with E-state index in [9.17, 15) is 8.42 Å². The fourth-order valence-corrected chi connectivity index (χ4v) is 2.81. The first kappa shape index (κ1) is 15.5. The van der Waals surface area contributed by atoms with Gasteiger partial charge in [-0.05, 0) is 25.1 Å². The molecule has 1 unspecified atom stereocenters. The van der Waals surface area contributed by atoms with Crippen LogP contribution < -0.4 is 10.1 Å². The van der Waals surface area contributed by atoms with Crippen LogP contribution in [0.3, 0.4) is 0 Å². The molecule has 0 amide bonds. The lowest BCUT2D eigenvalue weighted by molar-refractivity contribution is 0.406. The number of rotatable bonds is 6. The third kappa shape index (κ3) is 5.28. The number of ether oxygens (including phenoxy) is 1. The number of nitrogens with zero attached hydrogens (tertiary/aromatic N) is 1. The molecule has 0 spiro atoms. The Kier molecular flexibility index (Phi) is 5.33. The van der Waals surface area contributed by atoms with Crippen molar-refractivity contribution in [3.8, 4) is 11.8 Å². The van der Waals surface area contributed by atoms with Gasteiger partial charge in [-0.3, -0.25) is 0 Å². The normalized spacial score (nSPS) is 12.7. The van der Waals surface area contributed by atoms with Crippen molar-refractivity contribution in [3.63, 3.8) is 0 Å². The van der Waals surface area contributed by atoms with Crippen LogP contribution in [0.2, 0.25) is 0 Å². The molecule has 0 saturated heterocycles. The van der Waals surface area contributed by atoms with E-state index in [0.717, 1.165) is 5.56 Å². The maximum Gasteiger partial charge on any atom is 0.148 e. The van der Waals surface area contributed by atoms with Gasteiger partial charge >= 0.3 is 0 Å². The topological polar surface area (TPSA) is 79.2 Å². The quantitative estimate of drug-likeness (QED) is 0.845. The molecule has 0 bridgehead atoms. The number of methoxy groups -OCH3 is 1. The second-order valence-corrected chi connectivity index (χ2v) is 6.70. The number of nitriles is 1. The summed E-state index contributed by atoms with van der Waals surface area (Å²) in [6.07, 6.45) is 1.21. The van der Waals surface area contributed by atoms with Crippen molar-refractivity contribution in [2.24, 2.45) is 0 Å². The van der Waals surface area contributed by atoms with Crippen LogP contribution in [0.1, 0.15) is 18.1 Å². The third-order valence-corrected chi connectivity index (χ3v) is 3.71. The van der Waals surface area contributed by atoms with Crippen LogP contribution in [0.25, 0.3) is 0 Å². The summed E-state index contributed by atoms with van der Waals surface area (Å²) in [5.41, 5.74) is 1.38. The number of hydrogen-bond donors (Lipinski definition) is 1. The Morgan fingerprint density at radius 2 is 2.16 bits per heavy atom. The van der Waals surface area contributed by atoms with E-state index in [0.29, 0.717) is 17.9 Å². The zero-order valence-electron chi connectivity index (χ0n) is 11.3. The summed E-state index contributed by atoms with van der Waals surface area (Å²) in [7, 11) is -1.44. The molecule has 0 aliphatic heterocycles. The molecule has 104 valence electrons. The van der Waals surface area contributed by atoms with Crippen molar-refractivity contribution < 1.29 is 13.2 Å². The van der Waals surface area contributed by atoms with E-state index in [4.69, 9.17) is 10.00 Å². The third-order valence-electron chi connectivity index (χ3n) is 2.60. The largest absolute Gasteiger partial charge is 0.496 e. The van der Waals surface area contributed by atoms with Gasteiger partial charge in [0.2, 0.25) is 0 Å². The van der Waals surface area contributed by atoms with E-state index in [1.807, 2.05) is 6.92 Å². The van der Waals surface area contributed by atoms with Gasteiger partial charge in [0.15, 0.2) is 0 Å². The lowest BCUT2D eigenvalue weighted by atomic mass is 10.1. The van der Waals surface area contributed by atoms with Crippen molar-refractivity contribution in [2.45, 2.75) is 19.5 Å². The molecule has 19 heavy (non-hydrogen) atoms. The van der Waals surface area contributed by atoms with Gasteiger partial charge in [0.1, 0.15) is 15.6 Å². The van der Waals surface area contributed by atoms with Crippen LogP contribution in [-0.2, 0) is 16.4 Å². The molecule has 1 aromatic rings. The Hall–Kier alpha value is -1.58. The van der Waals surface area contributed by atoms with E-state index in [1.54, 1.807) is 25.3 Å². The highest BCUT2D eigenvalue weighted by molar-refractivity contribution is 7.90. The first-order valence-corrected chi connectivity index (χ1v) is 7.90. The first-order chi connectivity index (χ1) is 8.85. The van der Waals surface area contributed by atoms with E-state index < -0.39 is 9.84 Å². The number of benzene rings is 1. The number of nitrogens with one attached hydrogen (secondary N) is 1. The molecule has 0 saturated carbocycles. The van der Waals surface area contributed by atoms with Crippen LogP contribution in [0.4, 0.5) is 0 Å². The molecule has 0 aliphatic carbocycles. The molecule has 0 heterocycles. The Bertz CT molecular complexity index is 576. The Balaban J connectivity index is 2.74. The summed E-state index contributed by atoms with van der Waals surface area (Å²) in [5, 5.41) is 12.0. The summed E-state index contributed by atoms with van der Waals surface area (Å²) in [6, 6.07) is 7.05. The van der Waals surface area contributed by atoms with Gasteiger partial charge in [-0.25, -0.2) is 8.42 Å². The number of sulfone groups is 1. The average Bonchev–Trinajstić information content (AvgIpc) is 2.33. The minimum absolute atomic E-state index is 0.0766. The summed E-state index contributed by atoms with van der Waals surface area (Å²) < 4.78 is 27.5. The second-order valence-electron chi connectivity index (χ2n) is 4.51. The van der Waals surface area contributed by atoms with Gasteiger partial charge < -0.3 is 10.1 Å². The fourth-order valence-electron chi connectivity index (χ4n) is 1.78. The molecular weight excluding hydrogens is 264 g/mol. The molecule has 0 fully saturated rings. The standard InChI is InChI=1S/C13H18N2O3S/c1-10(9-19(3,16)17)15-8-12-6-11(7-14)4-5-13(12)18-2/h4-6,10,15H,8-9H2,1-3H3. The van der Waals surface area contributed by atoms with E-state index in [2.05, 4.69) is 11.4 Å². The van der Waals surface area contributed by atoms with Crippen molar-refractivity contribution in [1.82, 2.24) is 5.32 Å². The van der Waals surface area contributed by atoms with E-state index >= 15 is 0 Å². The van der Waals surface area contributed by atoms with E-state index in [-0.39, 0.29) is 11.8 Å². The average molecular weight is 282 g/mol. The maximum atomic E-state index is 11.2. The van der Waals surface area contributed by atoms with Crippen molar-refractivity contribution in [3.05, 3.63) is 29.3 Å². The zero-order chi connectivity index (χ0) is 14.5. The van der Waals surface area contributed by atoms with Crippen molar-refractivity contribution in [1.29, 1.82) is 5.26 Å². The minimum atomic E-state index is -3.00. The highest BCUT2D eigenvalue weighted by Gasteiger charge is 2.11. The molecule has 5 nitrogen and oxygen atoms in total. The zero-order valence-corrected chi connectivity index (χ0v) is 12.1. The van der Waals surface area contributed by atoms with Crippen LogP contribution >= 0.6 is 0 Å². The van der Waals surface area contributed by atoms with E-state index in [1.165, 1.54) is 6.26 Å². The molecule has 1 N–H and O–H groups in total. The van der Waals surface area contributed by atoms with Gasteiger partial charge in [-0.1, -0.05) is 0 Å². The van der Waals surface area contributed by atoms with Gasteiger partial charge in [-0.15, -0.1) is 0 Å². The summed E-state index contributed by atoms with van der Waals surface area (Å²) in [5.74, 6) is 0.755. The van der Waals surface area contributed by atoms with Crippen LogP contribution in [0.15, 0.2) is 18.2 Å². The molecule has 6 heteroatoms. The fraction of sp³-hybridized carbons (Fsp3) is 0.462. The highest BCUT2D eigenvalue weighted by atomic mass is 32.2. The minimum Gasteiger partial charge on any atom is -0.496 e. The predicted octanol–water partition coefficient (Wildman–Crippen LogP) is 1.09. The Morgan fingerprint density at radius 3 is 2.68 bits per heavy atom. The second kappa shape index (κ2) is 6.55. The molecule has 1 aromatic carbocycles. The smallest absolute Gasteiger partial charge is 0.148 e. The van der Waals surface area contributed by atoms with Crippen LogP contribution in [0, 0.1) is 11.3 Å². The number of hydrogen-bond acceptors (Lipinski definition) is 5. The van der Waals surface area contributed by atoms with Gasteiger partial charge in [-0.2, -0.15) is 5.26 Å². The van der Waals surface area contributed by atoms with Crippen molar-refractivity contribution in [2.75, 3.05) is 19.1 Å². The molecular formula is C13H18N2O3S. The maximum absolute atomic E-state index is 11.2. The van der Waals surface area contributed by atoms with Gasteiger partial charge in [0.25, 0.3) is 0 Å². The van der Waals surface area contributed by atoms with Crippen LogP contribution in [0.5, 0.6) is 5.75 Å². The molecule has 0 aromatic heterocycles. The van der Waals surface area contributed by atoms with Crippen LogP contribution in [-0.4, -0.2) is 33.6 Å². The molecule has 0 aliphatic rings. The van der Waals surface area contributed by atoms with Crippen molar-refractivity contribution >= 4 is 9.84 Å². The molecule has 1 atom stereocenters. The Labute approximate surface area is 114 Å². The SMILES string of the molecule is COc1ccc(C#N)cc1CNC(C)CS(C)(=O)=O. The molecule has 1 rings (SSSR count). The lowest BCUT2D eigenvalue weighted by Gasteiger charge is -2.14. The summed E-state index contributed by atoms with van der Waals surface area (Å²) >= 11 is 0. The monoisotopic (exact) mass is 282 g/mol. The summed E-state index contributed by atoms with van der Waals surface area (Å²) in [6.45, 7) is 2.26. The van der Waals surface area contributed by atoms with Gasteiger partial charge in [0.05, 0.1) is 24.5 Å². The lowest BCUT2D eigenvalue weighted by Crippen LogP contribution is -2.32. The summed E-state index contributed by atoms with van der Waals surface area (Å²) in [4.78, 5) is 0. The first-order valence-electron chi connectivity index (χ1n) is 5.84. The Morgan fingerprint density at radius 1 is 1.47 bits per heavy atom. The highest BCUT2D eigenvalue weighted by Crippen LogP contribution is 2.19. The molecule has 0 radical (unpaired) electrons. The predicted molar refractivity (Wildman–Crippen MR) is 73.7 cm³/mol. The van der Waals surface area contributed by atoms with Gasteiger partial charge in [0, 0.05) is 24.4 Å².